The van der Waals surface area contributed by atoms with Crippen molar-refractivity contribution in [2.45, 2.75) is 52.6 Å². The van der Waals surface area contributed by atoms with Crippen molar-refractivity contribution in [1.82, 2.24) is 5.32 Å². The molecule has 5 nitrogen and oxygen atoms in total. The minimum Gasteiger partial charge on any atom is -0.493 e. The first-order chi connectivity index (χ1) is 14.3. The van der Waals surface area contributed by atoms with Gasteiger partial charge in [0, 0.05) is 4.88 Å². The van der Waals surface area contributed by atoms with Gasteiger partial charge in [0.2, 0.25) is 0 Å². The van der Waals surface area contributed by atoms with E-state index in [1.807, 2.05) is 12.1 Å². The average Bonchev–Trinajstić information content (AvgIpc) is 3.11. The summed E-state index contributed by atoms with van der Waals surface area (Å²) in [6.45, 7) is 7.02. The molecule has 0 saturated carbocycles. The number of anilines is 1. The first-order valence-corrected chi connectivity index (χ1v) is 12.3. The summed E-state index contributed by atoms with van der Waals surface area (Å²) in [4.78, 5) is 14.5. The van der Waals surface area contributed by atoms with Crippen LogP contribution in [-0.4, -0.2) is 20.1 Å². The van der Waals surface area contributed by atoms with Gasteiger partial charge in [0.1, 0.15) is 11.2 Å². The Bertz CT molecular complexity index is 985. The zero-order valence-corrected chi connectivity index (χ0v) is 21.1. The van der Waals surface area contributed by atoms with Gasteiger partial charge in [0.15, 0.2) is 11.5 Å². The second-order valence-electron chi connectivity index (χ2n) is 8.78. The van der Waals surface area contributed by atoms with Gasteiger partial charge in [-0.05, 0) is 76.4 Å². The second kappa shape index (κ2) is 8.22. The lowest BCUT2D eigenvalue weighted by Crippen LogP contribution is -2.38. The molecule has 4 rings (SSSR count). The Balaban J connectivity index is 1.65. The maximum Gasteiger partial charge on any atom is 0.256 e. The molecule has 1 amide bonds. The summed E-state index contributed by atoms with van der Waals surface area (Å²) in [5.41, 5.74) is 3.39. The van der Waals surface area contributed by atoms with Gasteiger partial charge in [0.05, 0.1) is 23.4 Å². The lowest BCUT2D eigenvalue weighted by Gasteiger charge is -2.36. The third-order valence-corrected chi connectivity index (χ3v) is 8.84. The summed E-state index contributed by atoms with van der Waals surface area (Å²) in [5.74, 6) is 2.06. The molecule has 2 aromatic rings. The Morgan fingerprint density at radius 1 is 1.23 bits per heavy atom. The van der Waals surface area contributed by atoms with Crippen LogP contribution in [0.3, 0.4) is 0 Å². The molecule has 2 heterocycles. The summed E-state index contributed by atoms with van der Waals surface area (Å²) in [7, 11) is 3.26. The SMILES string of the molecule is CCC(C)(C)[C@H]1CCc2c(sc3c2C(=O)N[C@H](c2cc(I)c(OC)c(OC)c2)N3)C1. The van der Waals surface area contributed by atoms with E-state index in [4.69, 9.17) is 9.47 Å². The topological polar surface area (TPSA) is 59.6 Å². The second-order valence-corrected chi connectivity index (χ2v) is 11.0. The normalized spacial score (nSPS) is 20.7. The third-order valence-electron chi connectivity index (χ3n) is 6.85. The van der Waals surface area contributed by atoms with Crippen LogP contribution >= 0.6 is 33.9 Å². The Hall–Kier alpha value is -1.48. The molecule has 2 N–H and O–H groups in total. The van der Waals surface area contributed by atoms with Gasteiger partial charge in [0.25, 0.3) is 5.91 Å². The Morgan fingerprint density at radius 3 is 2.67 bits per heavy atom. The fourth-order valence-corrected chi connectivity index (χ4v) is 6.72. The molecular weight excluding hydrogens is 511 g/mol. The first kappa shape index (κ1) is 21.7. The van der Waals surface area contributed by atoms with Crippen LogP contribution in [0.2, 0.25) is 0 Å². The standard InChI is InChI=1S/C23H29IN2O3S/c1-6-23(2,3)13-7-8-14-17(11-13)30-22-18(14)21(27)25-20(26-22)12-9-15(24)19(29-5)16(10-12)28-4/h9-10,13,20,26H,6-8,11H2,1-5H3,(H,25,27)/t13-,20-/m0/s1. The van der Waals surface area contributed by atoms with Gasteiger partial charge in [-0.2, -0.15) is 0 Å². The van der Waals surface area contributed by atoms with Crippen molar-refractivity contribution < 1.29 is 14.3 Å². The first-order valence-electron chi connectivity index (χ1n) is 10.4. The van der Waals surface area contributed by atoms with Crippen molar-refractivity contribution in [2.24, 2.45) is 11.3 Å². The highest BCUT2D eigenvalue weighted by molar-refractivity contribution is 14.1. The van der Waals surface area contributed by atoms with Crippen molar-refractivity contribution in [3.05, 3.63) is 37.3 Å². The van der Waals surface area contributed by atoms with Gasteiger partial charge in [-0.15, -0.1) is 11.3 Å². The maximum atomic E-state index is 13.1. The number of hydrogen-bond acceptors (Lipinski definition) is 5. The zero-order chi connectivity index (χ0) is 21.6. The minimum absolute atomic E-state index is 0.0178. The molecule has 162 valence electrons. The number of carbonyl (C=O) groups excluding carboxylic acids is 1. The number of rotatable bonds is 5. The zero-order valence-electron chi connectivity index (χ0n) is 18.1. The Kier molecular flexibility index (Phi) is 5.96. The molecule has 0 unspecified atom stereocenters. The molecule has 30 heavy (non-hydrogen) atoms. The molecule has 1 aromatic carbocycles. The average molecular weight is 540 g/mol. The number of thiophene rings is 1. The highest BCUT2D eigenvalue weighted by Gasteiger charge is 2.37. The van der Waals surface area contributed by atoms with Crippen molar-refractivity contribution in [1.29, 1.82) is 0 Å². The molecule has 1 aliphatic carbocycles. The predicted octanol–water partition coefficient (Wildman–Crippen LogP) is 5.77. The van der Waals surface area contributed by atoms with Crippen molar-refractivity contribution in [2.75, 3.05) is 19.5 Å². The van der Waals surface area contributed by atoms with Crippen LogP contribution in [0.5, 0.6) is 11.5 Å². The summed E-state index contributed by atoms with van der Waals surface area (Å²) in [6, 6.07) is 3.95. The van der Waals surface area contributed by atoms with Crippen molar-refractivity contribution >= 4 is 44.8 Å². The number of halogens is 1. The highest BCUT2D eigenvalue weighted by Crippen LogP contribution is 2.47. The molecule has 0 bridgehead atoms. The number of fused-ring (bicyclic) bond motifs is 3. The fourth-order valence-electron chi connectivity index (χ4n) is 4.53. The van der Waals surface area contributed by atoms with Crippen molar-refractivity contribution in [3.8, 4) is 11.5 Å². The van der Waals surface area contributed by atoms with Gasteiger partial charge in [-0.25, -0.2) is 0 Å². The van der Waals surface area contributed by atoms with Gasteiger partial charge >= 0.3 is 0 Å². The molecule has 2 aliphatic rings. The van der Waals surface area contributed by atoms with E-state index in [0.717, 1.165) is 39.0 Å². The van der Waals surface area contributed by atoms with Crippen LogP contribution in [0.4, 0.5) is 5.00 Å². The van der Waals surface area contributed by atoms with Crippen LogP contribution in [0, 0.1) is 14.9 Å². The number of carbonyl (C=O) groups is 1. The Morgan fingerprint density at radius 2 is 2.00 bits per heavy atom. The van der Waals surface area contributed by atoms with E-state index in [0.29, 0.717) is 22.8 Å². The number of ether oxygens (including phenoxy) is 2. The fraction of sp³-hybridized carbons (Fsp3) is 0.522. The van der Waals surface area contributed by atoms with E-state index < -0.39 is 0 Å². The molecule has 0 spiro atoms. The van der Waals surface area contributed by atoms with E-state index in [1.54, 1.807) is 25.6 Å². The summed E-state index contributed by atoms with van der Waals surface area (Å²) < 4.78 is 11.9. The number of hydrogen-bond donors (Lipinski definition) is 2. The molecule has 0 radical (unpaired) electrons. The molecule has 2 atom stereocenters. The van der Waals surface area contributed by atoms with E-state index in [2.05, 4.69) is 54.0 Å². The third kappa shape index (κ3) is 3.68. The van der Waals surface area contributed by atoms with E-state index in [9.17, 15) is 4.79 Å². The van der Waals surface area contributed by atoms with Gasteiger partial charge in [-0.1, -0.05) is 27.2 Å². The molecule has 0 saturated heterocycles. The smallest absolute Gasteiger partial charge is 0.256 e. The van der Waals surface area contributed by atoms with Gasteiger partial charge < -0.3 is 20.1 Å². The largest absolute Gasteiger partial charge is 0.493 e. The monoisotopic (exact) mass is 540 g/mol. The summed E-state index contributed by atoms with van der Waals surface area (Å²) in [6.07, 6.45) is 4.10. The summed E-state index contributed by atoms with van der Waals surface area (Å²) in [5, 5.41) is 7.72. The van der Waals surface area contributed by atoms with Crippen LogP contribution in [0.15, 0.2) is 12.1 Å². The van der Waals surface area contributed by atoms with E-state index >= 15 is 0 Å². The van der Waals surface area contributed by atoms with Crippen LogP contribution in [-0.2, 0) is 12.8 Å². The van der Waals surface area contributed by atoms with Crippen LogP contribution in [0.25, 0.3) is 0 Å². The quantitative estimate of drug-likeness (QED) is 0.474. The lowest BCUT2D eigenvalue weighted by atomic mass is 9.69. The van der Waals surface area contributed by atoms with Gasteiger partial charge in [-0.3, -0.25) is 4.79 Å². The maximum absolute atomic E-state index is 13.1. The molecule has 7 heteroatoms. The summed E-state index contributed by atoms with van der Waals surface area (Å²) >= 11 is 4.00. The predicted molar refractivity (Wildman–Crippen MR) is 130 cm³/mol. The molecule has 1 aliphatic heterocycles. The number of methoxy groups -OCH3 is 2. The van der Waals surface area contributed by atoms with Crippen LogP contribution < -0.4 is 20.1 Å². The molecular formula is C23H29IN2O3S. The van der Waals surface area contributed by atoms with E-state index in [1.165, 1.54) is 16.9 Å². The highest BCUT2D eigenvalue weighted by atomic mass is 127. The molecule has 1 aromatic heterocycles. The van der Waals surface area contributed by atoms with E-state index in [-0.39, 0.29) is 12.1 Å². The number of nitrogens with one attached hydrogen (secondary N) is 2. The number of benzene rings is 1. The number of amides is 1. The van der Waals surface area contributed by atoms with Crippen molar-refractivity contribution in [3.63, 3.8) is 0 Å². The Labute approximate surface area is 196 Å². The lowest BCUT2D eigenvalue weighted by molar-refractivity contribution is 0.0934. The minimum atomic E-state index is -0.290. The van der Waals surface area contributed by atoms with Crippen LogP contribution in [0.1, 0.15) is 66.1 Å². The molecule has 0 fully saturated rings.